The van der Waals surface area contributed by atoms with Crippen LogP contribution >= 0.6 is 0 Å². The van der Waals surface area contributed by atoms with Crippen LogP contribution in [0.25, 0.3) is 0 Å². The molecule has 5 heteroatoms. The van der Waals surface area contributed by atoms with Crippen LogP contribution < -0.4 is 5.32 Å². The molecule has 0 saturated heterocycles. The van der Waals surface area contributed by atoms with Gasteiger partial charge in [0.05, 0.1) is 4.90 Å². The quantitative estimate of drug-likeness (QED) is 0.917. The van der Waals surface area contributed by atoms with Gasteiger partial charge in [0.2, 0.25) is 5.91 Å². The fraction of sp³-hybridized carbons (Fsp3) is 0.316. The monoisotopic (exact) mass is 345 g/mol. The van der Waals surface area contributed by atoms with Crippen molar-refractivity contribution < 1.29 is 13.2 Å². The van der Waals surface area contributed by atoms with E-state index in [2.05, 4.69) is 26.1 Å². The molecule has 128 valence electrons. The van der Waals surface area contributed by atoms with Gasteiger partial charge in [-0.25, -0.2) is 8.42 Å². The third-order valence-electron chi connectivity index (χ3n) is 3.92. The SMILES string of the molecule is CC(C(=O)Nc1ccc(C(C)(C)C)cc1)S(=O)(=O)c1ccccc1. The molecule has 0 radical (unpaired) electrons. The number of rotatable bonds is 4. The van der Waals surface area contributed by atoms with Crippen molar-refractivity contribution in [3.63, 3.8) is 0 Å². The number of amides is 1. The zero-order valence-corrected chi connectivity index (χ0v) is 15.2. The van der Waals surface area contributed by atoms with E-state index < -0.39 is 21.0 Å². The van der Waals surface area contributed by atoms with Gasteiger partial charge in [0.25, 0.3) is 0 Å². The highest BCUT2D eigenvalue weighted by atomic mass is 32.2. The number of sulfone groups is 1. The minimum atomic E-state index is -3.70. The molecular weight excluding hydrogens is 322 g/mol. The molecule has 0 spiro atoms. The number of benzene rings is 2. The second kappa shape index (κ2) is 6.77. The van der Waals surface area contributed by atoms with Crippen molar-refractivity contribution >= 4 is 21.4 Å². The predicted molar refractivity (Wildman–Crippen MR) is 96.9 cm³/mol. The highest BCUT2D eigenvalue weighted by Crippen LogP contribution is 2.24. The van der Waals surface area contributed by atoms with E-state index in [1.807, 2.05) is 12.1 Å². The Labute approximate surface area is 143 Å². The van der Waals surface area contributed by atoms with Crippen LogP contribution in [0.15, 0.2) is 59.5 Å². The van der Waals surface area contributed by atoms with E-state index in [9.17, 15) is 13.2 Å². The summed E-state index contributed by atoms with van der Waals surface area (Å²) in [6.07, 6.45) is 0. The molecule has 2 aromatic rings. The number of anilines is 1. The highest BCUT2D eigenvalue weighted by Gasteiger charge is 2.29. The van der Waals surface area contributed by atoms with Crippen LogP contribution in [0, 0.1) is 0 Å². The maximum atomic E-state index is 12.5. The van der Waals surface area contributed by atoms with Gasteiger partial charge in [-0.15, -0.1) is 0 Å². The molecule has 1 N–H and O–H groups in total. The lowest BCUT2D eigenvalue weighted by atomic mass is 9.87. The summed E-state index contributed by atoms with van der Waals surface area (Å²) in [5.74, 6) is -0.539. The summed E-state index contributed by atoms with van der Waals surface area (Å²) < 4.78 is 25.0. The fourth-order valence-corrected chi connectivity index (χ4v) is 3.54. The number of hydrogen-bond donors (Lipinski definition) is 1. The molecule has 0 aliphatic carbocycles. The Morgan fingerprint density at radius 2 is 1.50 bits per heavy atom. The molecule has 1 atom stereocenters. The average Bonchev–Trinajstić information content (AvgIpc) is 2.54. The van der Waals surface area contributed by atoms with Crippen molar-refractivity contribution in [2.75, 3.05) is 5.32 Å². The smallest absolute Gasteiger partial charge is 0.242 e. The van der Waals surface area contributed by atoms with Gasteiger partial charge in [0.1, 0.15) is 5.25 Å². The molecule has 0 aliphatic rings. The van der Waals surface area contributed by atoms with Crippen LogP contribution in [0.1, 0.15) is 33.3 Å². The standard InChI is InChI=1S/C19H23NO3S/c1-14(24(22,23)17-8-6-5-7-9-17)18(21)20-16-12-10-15(11-13-16)19(2,3)4/h5-14H,1-4H3,(H,20,21). The van der Waals surface area contributed by atoms with Gasteiger partial charge in [-0.2, -0.15) is 0 Å². The lowest BCUT2D eigenvalue weighted by Gasteiger charge is -2.19. The molecule has 4 nitrogen and oxygen atoms in total. The van der Waals surface area contributed by atoms with Gasteiger partial charge in [-0.05, 0) is 42.2 Å². The van der Waals surface area contributed by atoms with Crippen molar-refractivity contribution in [3.8, 4) is 0 Å². The molecule has 2 rings (SSSR count). The van der Waals surface area contributed by atoms with Gasteiger partial charge in [-0.1, -0.05) is 51.1 Å². The molecule has 0 aromatic heterocycles. The first kappa shape index (κ1) is 18.2. The van der Waals surface area contributed by atoms with E-state index in [0.717, 1.165) is 5.56 Å². The Morgan fingerprint density at radius 3 is 2.00 bits per heavy atom. The van der Waals surface area contributed by atoms with E-state index in [1.165, 1.54) is 19.1 Å². The fourth-order valence-electron chi connectivity index (χ4n) is 2.25. The second-order valence-corrected chi connectivity index (χ2v) is 9.09. The van der Waals surface area contributed by atoms with Crippen molar-refractivity contribution in [1.29, 1.82) is 0 Å². The van der Waals surface area contributed by atoms with E-state index >= 15 is 0 Å². The van der Waals surface area contributed by atoms with Crippen molar-refractivity contribution in [2.24, 2.45) is 0 Å². The number of nitrogens with one attached hydrogen (secondary N) is 1. The van der Waals surface area contributed by atoms with Gasteiger partial charge in [0, 0.05) is 5.69 Å². The Hall–Kier alpha value is -2.14. The third kappa shape index (κ3) is 4.03. The van der Waals surface area contributed by atoms with E-state index in [0.29, 0.717) is 5.69 Å². The number of carbonyl (C=O) groups excluding carboxylic acids is 1. The summed E-state index contributed by atoms with van der Waals surface area (Å²) >= 11 is 0. The molecule has 2 aromatic carbocycles. The van der Waals surface area contributed by atoms with Crippen LogP contribution in [-0.2, 0) is 20.0 Å². The normalized spacial score (nSPS) is 13.3. The van der Waals surface area contributed by atoms with Crippen molar-refractivity contribution in [1.82, 2.24) is 0 Å². The molecule has 24 heavy (non-hydrogen) atoms. The van der Waals surface area contributed by atoms with Crippen LogP contribution in [0.3, 0.4) is 0 Å². The van der Waals surface area contributed by atoms with Crippen LogP contribution in [-0.4, -0.2) is 19.6 Å². The summed E-state index contributed by atoms with van der Waals surface area (Å²) in [6, 6.07) is 15.5. The van der Waals surface area contributed by atoms with E-state index in [-0.39, 0.29) is 10.3 Å². The van der Waals surface area contributed by atoms with Gasteiger partial charge >= 0.3 is 0 Å². The summed E-state index contributed by atoms with van der Waals surface area (Å²) in [5.41, 5.74) is 1.75. The zero-order chi connectivity index (χ0) is 18.0. The van der Waals surface area contributed by atoms with Gasteiger partial charge in [0.15, 0.2) is 9.84 Å². The minimum Gasteiger partial charge on any atom is -0.325 e. The van der Waals surface area contributed by atoms with Gasteiger partial charge < -0.3 is 5.32 Å². The average molecular weight is 345 g/mol. The van der Waals surface area contributed by atoms with Crippen LogP contribution in [0.2, 0.25) is 0 Å². The Morgan fingerprint density at radius 1 is 0.958 bits per heavy atom. The summed E-state index contributed by atoms with van der Waals surface area (Å²) in [7, 11) is -3.70. The first-order chi connectivity index (χ1) is 11.1. The highest BCUT2D eigenvalue weighted by molar-refractivity contribution is 7.92. The second-order valence-electron chi connectivity index (χ2n) is 6.82. The minimum absolute atomic E-state index is 0.0203. The molecule has 0 bridgehead atoms. The maximum Gasteiger partial charge on any atom is 0.242 e. The maximum absolute atomic E-state index is 12.5. The van der Waals surface area contributed by atoms with Crippen molar-refractivity contribution in [3.05, 3.63) is 60.2 Å². The lowest BCUT2D eigenvalue weighted by Crippen LogP contribution is -2.32. The number of carbonyl (C=O) groups is 1. The van der Waals surface area contributed by atoms with Gasteiger partial charge in [-0.3, -0.25) is 4.79 Å². The molecule has 0 fully saturated rings. The third-order valence-corrected chi connectivity index (χ3v) is 6.00. The Kier molecular flexibility index (Phi) is 5.13. The topological polar surface area (TPSA) is 63.2 Å². The first-order valence-corrected chi connectivity index (χ1v) is 9.37. The van der Waals surface area contributed by atoms with Crippen LogP contribution in [0.4, 0.5) is 5.69 Å². The summed E-state index contributed by atoms with van der Waals surface area (Å²) in [5, 5.41) is 1.51. The van der Waals surface area contributed by atoms with Crippen LogP contribution in [0.5, 0.6) is 0 Å². The lowest BCUT2D eigenvalue weighted by molar-refractivity contribution is -0.115. The number of hydrogen-bond acceptors (Lipinski definition) is 3. The molecular formula is C19H23NO3S. The zero-order valence-electron chi connectivity index (χ0n) is 14.4. The summed E-state index contributed by atoms with van der Waals surface area (Å²) in [6.45, 7) is 7.72. The molecule has 1 amide bonds. The molecule has 0 aliphatic heterocycles. The largest absolute Gasteiger partial charge is 0.325 e. The van der Waals surface area contributed by atoms with E-state index in [1.54, 1.807) is 30.3 Å². The first-order valence-electron chi connectivity index (χ1n) is 7.83. The van der Waals surface area contributed by atoms with Crippen molar-refractivity contribution in [2.45, 2.75) is 43.3 Å². The Bertz CT molecular complexity index is 804. The summed E-state index contributed by atoms with van der Waals surface area (Å²) in [4.78, 5) is 12.5. The Balaban J connectivity index is 2.15. The van der Waals surface area contributed by atoms with E-state index in [4.69, 9.17) is 0 Å². The molecule has 1 unspecified atom stereocenters. The predicted octanol–water partition coefficient (Wildman–Crippen LogP) is 3.79. The molecule has 0 heterocycles. The molecule has 0 saturated carbocycles.